The van der Waals surface area contributed by atoms with Crippen LogP contribution in [0.5, 0.6) is 28.7 Å². The molecular formula is C25H20O7. The maximum absolute atomic E-state index is 12.5. The standard InChI is InChI=1S/C25H20O7/c1-28-20-9-12-22(29-2)17(13-20)5-10-21(26)16-3-7-19(8-4-16)32-25(27)18-6-11-23-24(14-18)31-15-30-23/h3-14H,15H2,1-2H3/b10-5+. The molecule has 162 valence electrons. The number of benzene rings is 3. The number of carbonyl (C=O) groups is 2. The summed E-state index contributed by atoms with van der Waals surface area (Å²) in [4.78, 5) is 24.9. The van der Waals surface area contributed by atoms with Crippen LogP contribution < -0.4 is 23.7 Å². The van der Waals surface area contributed by atoms with E-state index in [9.17, 15) is 9.59 Å². The number of ketones is 1. The van der Waals surface area contributed by atoms with Gasteiger partial charge in [0.15, 0.2) is 17.3 Å². The Morgan fingerprint density at radius 2 is 1.53 bits per heavy atom. The van der Waals surface area contributed by atoms with E-state index in [1.807, 2.05) is 0 Å². The first kappa shape index (κ1) is 21.0. The minimum Gasteiger partial charge on any atom is -0.497 e. The Morgan fingerprint density at radius 1 is 0.812 bits per heavy atom. The van der Waals surface area contributed by atoms with Crippen LogP contribution in [-0.4, -0.2) is 32.8 Å². The number of esters is 1. The van der Waals surface area contributed by atoms with Crippen LogP contribution in [0.2, 0.25) is 0 Å². The Kier molecular flexibility index (Phi) is 6.07. The molecule has 32 heavy (non-hydrogen) atoms. The van der Waals surface area contributed by atoms with Crippen molar-refractivity contribution in [1.29, 1.82) is 0 Å². The third-order valence-corrected chi connectivity index (χ3v) is 4.81. The summed E-state index contributed by atoms with van der Waals surface area (Å²) in [6.07, 6.45) is 3.11. The number of ether oxygens (including phenoxy) is 5. The molecule has 0 bridgehead atoms. The fourth-order valence-electron chi connectivity index (χ4n) is 3.11. The van der Waals surface area contributed by atoms with E-state index in [1.54, 1.807) is 81.0 Å². The van der Waals surface area contributed by atoms with Gasteiger partial charge in [-0.25, -0.2) is 4.79 Å². The van der Waals surface area contributed by atoms with Crippen LogP contribution in [0, 0.1) is 0 Å². The van der Waals surface area contributed by atoms with Gasteiger partial charge in [-0.2, -0.15) is 0 Å². The predicted octanol–water partition coefficient (Wildman–Crippen LogP) is 4.55. The zero-order chi connectivity index (χ0) is 22.5. The second kappa shape index (κ2) is 9.26. The Hall–Kier alpha value is -4.26. The quantitative estimate of drug-likeness (QED) is 0.235. The van der Waals surface area contributed by atoms with Gasteiger partial charge in [0, 0.05) is 11.1 Å². The molecule has 0 N–H and O–H groups in total. The van der Waals surface area contributed by atoms with Crippen molar-refractivity contribution in [3.63, 3.8) is 0 Å². The SMILES string of the molecule is COc1ccc(OC)c(/C=C/C(=O)c2ccc(OC(=O)c3ccc4c(c3)OCO4)cc2)c1. The fourth-order valence-corrected chi connectivity index (χ4v) is 3.11. The first-order valence-electron chi connectivity index (χ1n) is 9.73. The molecule has 0 amide bonds. The van der Waals surface area contributed by atoms with Crippen molar-refractivity contribution in [3.05, 3.63) is 83.4 Å². The van der Waals surface area contributed by atoms with E-state index in [0.29, 0.717) is 39.9 Å². The van der Waals surface area contributed by atoms with Crippen LogP contribution in [0.3, 0.4) is 0 Å². The van der Waals surface area contributed by atoms with Crippen LogP contribution in [0.15, 0.2) is 66.7 Å². The highest BCUT2D eigenvalue weighted by Crippen LogP contribution is 2.33. The van der Waals surface area contributed by atoms with E-state index >= 15 is 0 Å². The smallest absolute Gasteiger partial charge is 0.343 e. The van der Waals surface area contributed by atoms with Crippen molar-refractivity contribution in [2.75, 3.05) is 21.0 Å². The van der Waals surface area contributed by atoms with E-state index < -0.39 is 5.97 Å². The Labute approximate surface area is 184 Å². The zero-order valence-electron chi connectivity index (χ0n) is 17.5. The van der Waals surface area contributed by atoms with E-state index in [2.05, 4.69) is 0 Å². The number of hydrogen-bond donors (Lipinski definition) is 0. The summed E-state index contributed by atoms with van der Waals surface area (Å²) < 4.78 is 26.4. The Morgan fingerprint density at radius 3 is 2.28 bits per heavy atom. The minimum absolute atomic E-state index is 0.127. The van der Waals surface area contributed by atoms with Gasteiger partial charge in [-0.05, 0) is 72.8 Å². The topological polar surface area (TPSA) is 80.3 Å². The van der Waals surface area contributed by atoms with Gasteiger partial charge in [-0.1, -0.05) is 0 Å². The van der Waals surface area contributed by atoms with Gasteiger partial charge in [-0.3, -0.25) is 4.79 Å². The van der Waals surface area contributed by atoms with Crippen molar-refractivity contribution >= 4 is 17.8 Å². The lowest BCUT2D eigenvalue weighted by Crippen LogP contribution is -2.08. The summed E-state index contributed by atoms with van der Waals surface area (Å²) in [5.41, 5.74) is 1.50. The molecule has 0 spiro atoms. The molecule has 0 atom stereocenters. The normalized spacial score (nSPS) is 11.9. The summed E-state index contributed by atoms with van der Waals surface area (Å²) in [5.74, 6) is 1.95. The number of rotatable bonds is 7. The van der Waals surface area contributed by atoms with Crippen molar-refractivity contribution in [2.24, 2.45) is 0 Å². The third-order valence-electron chi connectivity index (χ3n) is 4.81. The van der Waals surface area contributed by atoms with Crippen molar-refractivity contribution in [2.45, 2.75) is 0 Å². The van der Waals surface area contributed by atoms with Gasteiger partial charge < -0.3 is 23.7 Å². The molecule has 0 unspecified atom stereocenters. The van der Waals surface area contributed by atoms with Gasteiger partial charge >= 0.3 is 5.97 Å². The van der Waals surface area contributed by atoms with Gasteiger partial charge in [0.2, 0.25) is 6.79 Å². The third kappa shape index (κ3) is 4.57. The monoisotopic (exact) mass is 432 g/mol. The molecule has 7 heteroatoms. The van der Waals surface area contributed by atoms with E-state index in [-0.39, 0.29) is 12.6 Å². The van der Waals surface area contributed by atoms with E-state index in [4.69, 9.17) is 23.7 Å². The summed E-state index contributed by atoms with van der Waals surface area (Å²) in [5, 5.41) is 0. The molecule has 0 aliphatic carbocycles. The second-order valence-electron chi connectivity index (χ2n) is 6.79. The van der Waals surface area contributed by atoms with Gasteiger partial charge in [0.25, 0.3) is 0 Å². The van der Waals surface area contributed by atoms with Crippen LogP contribution in [0.1, 0.15) is 26.3 Å². The number of methoxy groups -OCH3 is 2. The van der Waals surface area contributed by atoms with Crippen LogP contribution >= 0.6 is 0 Å². The Bertz CT molecular complexity index is 1180. The highest BCUT2D eigenvalue weighted by atomic mass is 16.7. The summed E-state index contributed by atoms with van der Waals surface area (Å²) in [6.45, 7) is 0.127. The van der Waals surface area contributed by atoms with Crippen molar-refractivity contribution in [1.82, 2.24) is 0 Å². The number of carbonyl (C=O) groups excluding carboxylic acids is 2. The average Bonchev–Trinajstić information content (AvgIpc) is 3.30. The van der Waals surface area contributed by atoms with Crippen LogP contribution in [0.4, 0.5) is 0 Å². The number of fused-ring (bicyclic) bond motifs is 1. The number of allylic oxidation sites excluding steroid dienone is 1. The lowest BCUT2D eigenvalue weighted by Gasteiger charge is -2.07. The summed E-state index contributed by atoms with van der Waals surface area (Å²) in [6, 6.07) is 16.5. The van der Waals surface area contributed by atoms with Gasteiger partial charge in [0.1, 0.15) is 17.2 Å². The maximum Gasteiger partial charge on any atom is 0.343 e. The van der Waals surface area contributed by atoms with Gasteiger partial charge in [-0.15, -0.1) is 0 Å². The molecule has 1 aliphatic heterocycles. The largest absolute Gasteiger partial charge is 0.497 e. The molecule has 0 saturated heterocycles. The fraction of sp³-hybridized carbons (Fsp3) is 0.120. The second-order valence-corrected chi connectivity index (χ2v) is 6.79. The summed E-state index contributed by atoms with van der Waals surface area (Å²) >= 11 is 0. The highest BCUT2D eigenvalue weighted by Gasteiger charge is 2.17. The maximum atomic E-state index is 12.5. The number of hydrogen-bond acceptors (Lipinski definition) is 7. The average molecular weight is 432 g/mol. The molecule has 1 aliphatic rings. The zero-order valence-corrected chi connectivity index (χ0v) is 17.5. The van der Waals surface area contributed by atoms with Crippen LogP contribution in [0.25, 0.3) is 6.08 Å². The molecule has 4 rings (SSSR count). The van der Waals surface area contributed by atoms with Crippen LogP contribution in [-0.2, 0) is 0 Å². The minimum atomic E-state index is -0.535. The van der Waals surface area contributed by atoms with E-state index in [0.717, 1.165) is 5.56 Å². The first-order valence-corrected chi connectivity index (χ1v) is 9.73. The molecular weight excluding hydrogens is 412 g/mol. The van der Waals surface area contributed by atoms with Crippen molar-refractivity contribution < 1.29 is 33.3 Å². The van der Waals surface area contributed by atoms with Crippen molar-refractivity contribution in [3.8, 4) is 28.7 Å². The van der Waals surface area contributed by atoms with Gasteiger partial charge in [0.05, 0.1) is 19.8 Å². The van der Waals surface area contributed by atoms with E-state index in [1.165, 1.54) is 6.08 Å². The lowest BCUT2D eigenvalue weighted by atomic mass is 10.1. The molecule has 3 aromatic carbocycles. The first-order chi connectivity index (χ1) is 15.6. The Balaban J connectivity index is 1.42. The molecule has 1 heterocycles. The molecule has 0 saturated carbocycles. The molecule has 0 radical (unpaired) electrons. The molecule has 7 nitrogen and oxygen atoms in total. The predicted molar refractivity (Wildman–Crippen MR) is 117 cm³/mol. The lowest BCUT2D eigenvalue weighted by molar-refractivity contribution is 0.0734. The highest BCUT2D eigenvalue weighted by molar-refractivity contribution is 6.07. The molecule has 3 aromatic rings. The summed E-state index contributed by atoms with van der Waals surface area (Å²) in [7, 11) is 3.13. The molecule has 0 fully saturated rings. The molecule has 0 aromatic heterocycles.